The third kappa shape index (κ3) is 6.02. The predicted molar refractivity (Wildman–Crippen MR) is 106 cm³/mol. The first-order valence-corrected chi connectivity index (χ1v) is 9.33. The molecule has 1 amide bonds. The molecule has 148 valence electrons. The minimum atomic E-state index is -0.636. The Morgan fingerprint density at radius 1 is 1.04 bits per heavy atom. The Balaban J connectivity index is 1.98. The van der Waals surface area contributed by atoms with Gasteiger partial charge in [-0.3, -0.25) is 9.59 Å². The van der Waals surface area contributed by atoms with Gasteiger partial charge >= 0.3 is 5.97 Å². The van der Waals surface area contributed by atoms with Crippen LogP contribution >= 0.6 is 11.8 Å². The Hall–Kier alpha value is -3.00. The zero-order chi connectivity index (χ0) is 20.5. The lowest BCUT2D eigenvalue weighted by Crippen LogP contribution is -2.21. The predicted octanol–water partition coefficient (Wildman–Crippen LogP) is 3.18. The van der Waals surface area contributed by atoms with Crippen LogP contribution in [0, 0.1) is 0 Å². The fraction of sp³-hybridized carbons (Fsp3) is 0.250. The molecule has 1 N–H and O–H groups in total. The van der Waals surface area contributed by atoms with Gasteiger partial charge in [-0.15, -0.1) is 11.8 Å². The molecule has 2 aromatic carbocycles. The zero-order valence-corrected chi connectivity index (χ0v) is 16.6. The molecule has 0 fully saturated rings. The maximum Gasteiger partial charge on any atom is 0.339 e. The largest absolute Gasteiger partial charge is 0.497 e. The van der Waals surface area contributed by atoms with Crippen molar-refractivity contribution in [2.24, 2.45) is 0 Å². The molecule has 0 aliphatic heterocycles. The highest BCUT2D eigenvalue weighted by atomic mass is 32.2. The number of anilines is 1. The average molecular weight is 403 g/mol. The van der Waals surface area contributed by atoms with Gasteiger partial charge in [-0.1, -0.05) is 12.1 Å². The van der Waals surface area contributed by atoms with Crippen molar-refractivity contribution >= 4 is 35.1 Å². The zero-order valence-electron chi connectivity index (χ0n) is 15.8. The first-order valence-electron chi connectivity index (χ1n) is 8.35. The van der Waals surface area contributed by atoms with E-state index in [1.54, 1.807) is 42.5 Å². The molecule has 8 heteroatoms. The van der Waals surface area contributed by atoms with E-state index < -0.39 is 18.5 Å². The minimum Gasteiger partial charge on any atom is -0.497 e. The van der Waals surface area contributed by atoms with Gasteiger partial charge in [0.2, 0.25) is 0 Å². The number of nitrogens with one attached hydrogen (secondary N) is 1. The van der Waals surface area contributed by atoms with Crippen molar-refractivity contribution in [3.63, 3.8) is 0 Å². The smallest absolute Gasteiger partial charge is 0.339 e. The molecule has 28 heavy (non-hydrogen) atoms. The Morgan fingerprint density at radius 3 is 2.46 bits per heavy atom. The molecule has 2 aromatic rings. The van der Waals surface area contributed by atoms with Gasteiger partial charge in [0.1, 0.15) is 17.3 Å². The Kier molecular flexibility index (Phi) is 7.88. The van der Waals surface area contributed by atoms with Gasteiger partial charge in [-0.25, -0.2) is 4.79 Å². The van der Waals surface area contributed by atoms with Crippen LogP contribution in [0.15, 0.2) is 47.4 Å². The van der Waals surface area contributed by atoms with Crippen LogP contribution in [0.3, 0.4) is 0 Å². The molecular weight excluding hydrogens is 382 g/mol. The van der Waals surface area contributed by atoms with E-state index >= 15 is 0 Å². The summed E-state index contributed by atoms with van der Waals surface area (Å²) in [6.45, 7) is 1.02. The number of hydrogen-bond acceptors (Lipinski definition) is 7. The summed E-state index contributed by atoms with van der Waals surface area (Å²) in [5.74, 6) is 0.114. The van der Waals surface area contributed by atoms with Crippen molar-refractivity contribution in [3.8, 4) is 11.5 Å². The van der Waals surface area contributed by atoms with Crippen molar-refractivity contribution in [1.29, 1.82) is 0 Å². The molecule has 0 atom stereocenters. The standard InChI is InChI=1S/C20H21NO6S/c1-13(22)12-28-18-7-5-4-6-15(18)20(24)27-11-19(23)21-16-9-8-14(25-2)10-17(16)26-3/h4-10H,11-12H2,1-3H3,(H,21,23). The number of rotatable bonds is 9. The molecule has 0 saturated carbocycles. The summed E-state index contributed by atoms with van der Waals surface area (Å²) < 4.78 is 15.4. The summed E-state index contributed by atoms with van der Waals surface area (Å²) in [5, 5.41) is 2.63. The number of ketones is 1. The average Bonchev–Trinajstić information content (AvgIpc) is 2.70. The molecule has 7 nitrogen and oxygen atoms in total. The number of methoxy groups -OCH3 is 2. The number of carbonyl (C=O) groups is 3. The number of benzene rings is 2. The second-order valence-corrected chi connectivity index (χ2v) is 6.69. The summed E-state index contributed by atoms with van der Waals surface area (Å²) >= 11 is 1.25. The van der Waals surface area contributed by atoms with E-state index in [1.165, 1.54) is 32.9 Å². The maximum absolute atomic E-state index is 12.3. The first kappa shape index (κ1) is 21.3. The van der Waals surface area contributed by atoms with E-state index in [-0.39, 0.29) is 11.5 Å². The number of Topliss-reactive ketones (excluding diaryl/α,β-unsaturated/α-hetero) is 1. The molecule has 0 spiro atoms. The lowest BCUT2D eigenvalue weighted by atomic mass is 10.2. The fourth-order valence-electron chi connectivity index (χ4n) is 2.24. The summed E-state index contributed by atoms with van der Waals surface area (Å²) in [6, 6.07) is 11.7. The first-order chi connectivity index (χ1) is 13.4. The summed E-state index contributed by atoms with van der Waals surface area (Å²) in [7, 11) is 3.00. The van der Waals surface area contributed by atoms with Crippen molar-refractivity contribution in [3.05, 3.63) is 48.0 Å². The Labute approximate surface area is 167 Å². The maximum atomic E-state index is 12.3. The molecule has 0 heterocycles. The fourth-order valence-corrected chi connectivity index (χ4v) is 3.08. The number of thioether (sulfide) groups is 1. The normalized spacial score (nSPS) is 10.1. The topological polar surface area (TPSA) is 90.9 Å². The highest BCUT2D eigenvalue weighted by Gasteiger charge is 2.16. The van der Waals surface area contributed by atoms with Gasteiger partial charge in [0.05, 0.1) is 31.2 Å². The number of esters is 1. The number of hydrogen-bond donors (Lipinski definition) is 1. The van der Waals surface area contributed by atoms with Crippen LogP contribution in [0.5, 0.6) is 11.5 Å². The number of amides is 1. The third-order valence-corrected chi connectivity index (χ3v) is 4.77. The van der Waals surface area contributed by atoms with E-state index in [4.69, 9.17) is 14.2 Å². The summed E-state index contributed by atoms with van der Waals surface area (Å²) in [5.41, 5.74) is 0.741. The second-order valence-electron chi connectivity index (χ2n) is 5.68. The van der Waals surface area contributed by atoms with E-state index in [9.17, 15) is 14.4 Å². The molecule has 0 aromatic heterocycles. The van der Waals surface area contributed by atoms with Crippen molar-refractivity contribution in [2.45, 2.75) is 11.8 Å². The molecule has 0 unspecified atom stereocenters. The van der Waals surface area contributed by atoms with Gasteiger partial charge in [-0.05, 0) is 31.2 Å². The molecule has 0 radical (unpaired) electrons. The van der Waals surface area contributed by atoms with Crippen molar-refractivity contribution in [1.82, 2.24) is 0 Å². The summed E-state index contributed by atoms with van der Waals surface area (Å²) in [4.78, 5) is 36.3. The van der Waals surface area contributed by atoms with Gasteiger partial charge < -0.3 is 19.5 Å². The van der Waals surface area contributed by atoms with Crippen LogP contribution in [0.1, 0.15) is 17.3 Å². The van der Waals surface area contributed by atoms with E-state index in [0.29, 0.717) is 27.6 Å². The molecule has 2 rings (SSSR count). The van der Waals surface area contributed by atoms with Crippen LogP contribution in [0.25, 0.3) is 0 Å². The molecular formula is C20H21NO6S. The van der Waals surface area contributed by atoms with E-state index in [1.807, 2.05) is 0 Å². The van der Waals surface area contributed by atoms with Crippen LogP contribution in [-0.2, 0) is 14.3 Å². The Bertz CT molecular complexity index is 868. The minimum absolute atomic E-state index is 0.000914. The molecule has 0 aliphatic rings. The lowest BCUT2D eigenvalue weighted by Gasteiger charge is -2.12. The highest BCUT2D eigenvalue weighted by Crippen LogP contribution is 2.29. The molecule has 0 bridgehead atoms. The molecule has 0 saturated heterocycles. The van der Waals surface area contributed by atoms with Gasteiger partial charge in [0.25, 0.3) is 5.91 Å². The quantitative estimate of drug-likeness (QED) is 0.508. The third-order valence-electron chi connectivity index (χ3n) is 3.56. The van der Waals surface area contributed by atoms with Crippen LogP contribution in [0.4, 0.5) is 5.69 Å². The van der Waals surface area contributed by atoms with E-state index in [2.05, 4.69) is 5.32 Å². The van der Waals surface area contributed by atoms with Crippen LogP contribution in [0.2, 0.25) is 0 Å². The summed E-state index contributed by atoms with van der Waals surface area (Å²) in [6.07, 6.45) is 0. The van der Waals surface area contributed by atoms with Crippen molar-refractivity contribution < 1.29 is 28.6 Å². The number of ether oxygens (including phenoxy) is 3. The van der Waals surface area contributed by atoms with Crippen LogP contribution in [-0.4, -0.2) is 44.2 Å². The van der Waals surface area contributed by atoms with Crippen molar-refractivity contribution in [2.75, 3.05) is 31.9 Å². The SMILES string of the molecule is COc1ccc(NC(=O)COC(=O)c2ccccc2SCC(C)=O)c(OC)c1. The van der Waals surface area contributed by atoms with Gasteiger partial charge in [-0.2, -0.15) is 0 Å². The van der Waals surface area contributed by atoms with Gasteiger partial charge in [0, 0.05) is 11.0 Å². The van der Waals surface area contributed by atoms with E-state index in [0.717, 1.165) is 0 Å². The Morgan fingerprint density at radius 2 is 1.79 bits per heavy atom. The van der Waals surface area contributed by atoms with Gasteiger partial charge in [0.15, 0.2) is 6.61 Å². The number of carbonyl (C=O) groups excluding carboxylic acids is 3. The second kappa shape index (κ2) is 10.4. The molecule has 0 aliphatic carbocycles. The highest BCUT2D eigenvalue weighted by molar-refractivity contribution is 8.00. The van der Waals surface area contributed by atoms with Crippen LogP contribution < -0.4 is 14.8 Å². The lowest BCUT2D eigenvalue weighted by molar-refractivity contribution is -0.119. The monoisotopic (exact) mass is 403 g/mol.